The monoisotopic (exact) mass is 251 g/mol. The molecule has 0 amide bonds. The van der Waals surface area contributed by atoms with Crippen molar-refractivity contribution in [2.75, 3.05) is 7.11 Å². The second-order valence-corrected chi connectivity index (χ2v) is 6.43. The van der Waals surface area contributed by atoms with E-state index in [-0.39, 0.29) is 5.41 Å². The lowest BCUT2D eigenvalue weighted by Gasteiger charge is -2.29. The SMILES string of the molecule is COc1ccc(C(O)C(C)(C)N)cc1C(C)(C)C. The van der Waals surface area contributed by atoms with Gasteiger partial charge in [0.15, 0.2) is 0 Å². The molecule has 3 heteroatoms. The molecule has 0 aromatic heterocycles. The fraction of sp³-hybridized carbons (Fsp3) is 0.600. The van der Waals surface area contributed by atoms with Gasteiger partial charge >= 0.3 is 0 Å². The molecule has 0 aliphatic heterocycles. The Labute approximate surface area is 110 Å². The summed E-state index contributed by atoms with van der Waals surface area (Å²) in [5, 5.41) is 10.2. The summed E-state index contributed by atoms with van der Waals surface area (Å²) < 4.78 is 5.38. The molecule has 0 aliphatic carbocycles. The standard InChI is InChI=1S/C15H25NO2/c1-14(2,3)11-9-10(7-8-12(11)18-6)13(17)15(4,5)16/h7-9,13,17H,16H2,1-6H3. The second kappa shape index (κ2) is 4.90. The number of aliphatic hydroxyl groups is 1. The van der Waals surface area contributed by atoms with Crippen molar-refractivity contribution in [1.29, 1.82) is 0 Å². The van der Waals surface area contributed by atoms with E-state index in [2.05, 4.69) is 20.8 Å². The number of hydrogen-bond acceptors (Lipinski definition) is 3. The Morgan fingerprint density at radius 2 is 1.72 bits per heavy atom. The maximum atomic E-state index is 10.2. The summed E-state index contributed by atoms with van der Waals surface area (Å²) in [4.78, 5) is 0. The van der Waals surface area contributed by atoms with Crippen LogP contribution in [0.25, 0.3) is 0 Å². The molecule has 0 heterocycles. The van der Waals surface area contributed by atoms with Gasteiger partial charge in [-0.2, -0.15) is 0 Å². The molecule has 0 saturated carbocycles. The Hall–Kier alpha value is -1.06. The lowest BCUT2D eigenvalue weighted by Crippen LogP contribution is -2.39. The maximum Gasteiger partial charge on any atom is 0.122 e. The van der Waals surface area contributed by atoms with Crippen LogP contribution >= 0.6 is 0 Å². The van der Waals surface area contributed by atoms with Crippen LogP contribution in [0.15, 0.2) is 18.2 Å². The first-order valence-electron chi connectivity index (χ1n) is 6.22. The lowest BCUT2D eigenvalue weighted by molar-refractivity contribution is 0.104. The van der Waals surface area contributed by atoms with Crippen molar-refractivity contribution in [2.24, 2.45) is 5.73 Å². The molecule has 1 unspecified atom stereocenters. The number of methoxy groups -OCH3 is 1. The van der Waals surface area contributed by atoms with E-state index in [0.717, 1.165) is 16.9 Å². The fourth-order valence-electron chi connectivity index (χ4n) is 1.91. The zero-order chi connectivity index (χ0) is 14.1. The van der Waals surface area contributed by atoms with Crippen molar-refractivity contribution in [3.05, 3.63) is 29.3 Å². The molecule has 0 fully saturated rings. The zero-order valence-electron chi connectivity index (χ0n) is 12.2. The Kier molecular flexibility index (Phi) is 4.08. The predicted molar refractivity (Wildman–Crippen MR) is 74.9 cm³/mol. The summed E-state index contributed by atoms with van der Waals surface area (Å²) in [5.41, 5.74) is 7.16. The third-order valence-electron chi connectivity index (χ3n) is 3.05. The average molecular weight is 251 g/mol. The molecule has 0 spiro atoms. The number of benzene rings is 1. The molecule has 0 aliphatic rings. The minimum Gasteiger partial charge on any atom is -0.496 e. The van der Waals surface area contributed by atoms with Crippen molar-refractivity contribution in [2.45, 2.75) is 51.7 Å². The van der Waals surface area contributed by atoms with Crippen LogP contribution in [0.4, 0.5) is 0 Å². The molecule has 1 aromatic carbocycles. The molecule has 18 heavy (non-hydrogen) atoms. The molecule has 1 aromatic rings. The van der Waals surface area contributed by atoms with E-state index < -0.39 is 11.6 Å². The topological polar surface area (TPSA) is 55.5 Å². The summed E-state index contributed by atoms with van der Waals surface area (Å²) >= 11 is 0. The van der Waals surface area contributed by atoms with Gasteiger partial charge in [0.05, 0.1) is 13.2 Å². The van der Waals surface area contributed by atoms with Crippen molar-refractivity contribution in [1.82, 2.24) is 0 Å². The van der Waals surface area contributed by atoms with E-state index in [1.165, 1.54) is 0 Å². The highest BCUT2D eigenvalue weighted by molar-refractivity contribution is 5.42. The van der Waals surface area contributed by atoms with Gasteiger partial charge in [-0.15, -0.1) is 0 Å². The van der Waals surface area contributed by atoms with Crippen molar-refractivity contribution < 1.29 is 9.84 Å². The number of ether oxygens (including phenoxy) is 1. The van der Waals surface area contributed by atoms with E-state index >= 15 is 0 Å². The van der Waals surface area contributed by atoms with Gasteiger partial charge in [0.1, 0.15) is 5.75 Å². The van der Waals surface area contributed by atoms with E-state index in [9.17, 15) is 5.11 Å². The summed E-state index contributed by atoms with van der Waals surface area (Å²) in [7, 11) is 1.66. The van der Waals surface area contributed by atoms with Crippen LogP contribution in [0.3, 0.4) is 0 Å². The van der Waals surface area contributed by atoms with Gasteiger partial charge in [0, 0.05) is 5.54 Å². The summed E-state index contributed by atoms with van der Waals surface area (Å²) in [6.45, 7) is 10.00. The minimum atomic E-state index is -0.690. The van der Waals surface area contributed by atoms with E-state index in [0.29, 0.717) is 0 Å². The summed E-state index contributed by atoms with van der Waals surface area (Å²) in [5.74, 6) is 0.841. The van der Waals surface area contributed by atoms with Crippen LogP contribution in [0.5, 0.6) is 5.75 Å². The maximum absolute atomic E-state index is 10.2. The average Bonchev–Trinajstić information content (AvgIpc) is 2.24. The normalized spacial score (nSPS) is 14.4. The second-order valence-electron chi connectivity index (χ2n) is 6.43. The number of nitrogens with two attached hydrogens (primary N) is 1. The Morgan fingerprint density at radius 3 is 2.11 bits per heavy atom. The molecule has 1 atom stereocenters. The highest BCUT2D eigenvalue weighted by Gasteiger charge is 2.27. The van der Waals surface area contributed by atoms with Crippen LogP contribution in [-0.4, -0.2) is 17.8 Å². The first kappa shape index (κ1) is 15.0. The number of rotatable bonds is 3. The van der Waals surface area contributed by atoms with E-state index in [1.54, 1.807) is 7.11 Å². The van der Waals surface area contributed by atoms with Crippen LogP contribution < -0.4 is 10.5 Å². The summed E-state index contributed by atoms with van der Waals surface area (Å²) in [6, 6.07) is 5.75. The van der Waals surface area contributed by atoms with Gasteiger partial charge < -0.3 is 15.6 Å². The molecule has 3 nitrogen and oxygen atoms in total. The Morgan fingerprint density at radius 1 is 1.17 bits per heavy atom. The van der Waals surface area contributed by atoms with Crippen LogP contribution in [0.1, 0.15) is 51.8 Å². The van der Waals surface area contributed by atoms with Crippen LogP contribution in [0, 0.1) is 0 Å². The van der Waals surface area contributed by atoms with Crippen LogP contribution in [-0.2, 0) is 5.41 Å². The Bertz CT molecular complexity index is 413. The minimum absolute atomic E-state index is 0.0419. The predicted octanol–water partition coefficient (Wildman–Crippen LogP) is 2.76. The van der Waals surface area contributed by atoms with Gasteiger partial charge in [-0.3, -0.25) is 0 Å². The lowest BCUT2D eigenvalue weighted by atomic mass is 9.83. The molecule has 3 N–H and O–H groups in total. The summed E-state index contributed by atoms with van der Waals surface area (Å²) in [6.07, 6.45) is -0.690. The molecule has 102 valence electrons. The molecular weight excluding hydrogens is 226 g/mol. The zero-order valence-corrected chi connectivity index (χ0v) is 12.2. The Balaban J connectivity index is 3.28. The molecular formula is C15H25NO2. The van der Waals surface area contributed by atoms with E-state index in [4.69, 9.17) is 10.5 Å². The van der Waals surface area contributed by atoms with E-state index in [1.807, 2.05) is 32.0 Å². The number of hydrogen-bond donors (Lipinski definition) is 2. The van der Waals surface area contributed by atoms with Gasteiger partial charge in [-0.05, 0) is 42.5 Å². The highest BCUT2D eigenvalue weighted by atomic mass is 16.5. The van der Waals surface area contributed by atoms with Gasteiger partial charge in [-0.1, -0.05) is 26.8 Å². The quantitative estimate of drug-likeness (QED) is 0.868. The highest BCUT2D eigenvalue weighted by Crippen LogP contribution is 2.35. The van der Waals surface area contributed by atoms with Gasteiger partial charge in [-0.25, -0.2) is 0 Å². The van der Waals surface area contributed by atoms with Gasteiger partial charge in [0.2, 0.25) is 0 Å². The molecule has 0 bridgehead atoms. The molecule has 1 rings (SSSR count). The van der Waals surface area contributed by atoms with Crippen molar-refractivity contribution in [3.8, 4) is 5.75 Å². The third kappa shape index (κ3) is 3.24. The third-order valence-corrected chi connectivity index (χ3v) is 3.05. The molecule has 0 radical (unpaired) electrons. The van der Waals surface area contributed by atoms with Crippen molar-refractivity contribution >= 4 is 0 Å². The largest absolute Gasteiger partial charge is 0.496 e. The van der Waals surface area contributed by atoms with Gasteiger partial charge in [0.25, 0.3) is 0 Å². The smallest absolute Gasteiger partial charge is 0.122 e. The first-order chi connectivity index (χ1) is 8.07. The first-order valence-corrected chi connectivity index (χ1v) is 6.22. The molecule has 0 saturated heterocycles. The number of aliphatic hydroxyl groups excluding tert-OH is 1. The van der Waals surface area contributed by atoms with Crippen LogP contribution in [0.2, 0.25) is 0 Å². The van der Waals surface area contributed by atoms with Crippen molar-refractivity contribution in [3.63, 3.8) is 0 Å². The fourth-order valence-corrected chi connectivity index (χ4v) is 1.91.